The second-order valence-electron chi connectivity index (χ2n) is 5.73. The molecule has 2 rings (SSSR count). The number of piperazine rings is 1. The second-order valence-corrected chi connectivity index (χ2v) is 9.58. The standard InChI is InChI=1S/C14H23N3O4S2/c1-13-3-5-14(6-4-13)23(20,21)15-7-12-22(18,19)17-10-8-16(2)9-11-17/h3-6,15H,7-12H2,1-2H3. The topological polar surface area (TPSA) is 86.8 Å². The van der Waals surface area contributed by atoms with Crippen molar-refractivity contribution in [3.05, 3.63) is 29.8 Å². The SMILES string of the molecule is Cc1ccc(S(=O)(=O)NCCS(=O)(=O)N2CCN(C)CC2)cc1. The highest BCUT2D eigenvalue weighted by Gasteiger charge is 2.26. The van der Waals surface area contributed by atoms with E-state index in [1.807, 2.05) is 14.0 Å². The van der Waals surface area contributed by atoms with Gasteiger partial charge in [0.05, 0.1) is 10.6 Å². The van der Waals surface area contributed by atoms with E-state index in [2.05, 4.69) is 9.62 Å². The van der Waals surface area contributed by atoms with Gasteiger partial charge < -0.3 is 4.90 Å². The quantitative estimate of drug-likeness (QED) is 0.761. The van der Waals surface area contributed by atoms with Gasteiger partial charge in [-0.1, -0.05) is 17.7 Å². The molecule has 1 saturated heterocycles. The molecule has 1 heterocycles. The van der Waals surface area contributed by atoms with Crippen LogP contribution in [0.1, 0.15) is 5.56 Å². The Morgan fingerprint density at radius 1 is 1.00 bits per heavy atom. The zero-order chi connectivity index (χ0) is 17.1. The first kappa shape index (κ1) is 18.3. The van der Waals surface area contributed by atoms with E-state index in [1.54, 1.807) is 12.1 Å². The molecule has 7 nitrogen and oxygen atoms in total. The third kappa shape index (κ3) is 4.98. The summed E-state index contributed by atoms with van der Waals surface area (Å²) in [5.41, 5.74) is 0.960. The number of benzene rings is 1. The molecule has 0 unspecified atom stereocenters. The van der Waals surface area contributed by atoms with Crippen LogP contribution in [0, 0.1) is 6.92 Å². The van der Waals surface area contributed by atoms with Crippen LogP contribution in [0.4, 0.5) is 0 Å². The first-order valence-electron chi connectivity index (χ1n) is 7.43. The van der Waals surface area contributed by atoms with Gasteiger partial charge in [-0.15, -0.1) is 0 Å². The van der Waals surface area contributed by atoms with Gasteiger partial charge in [-0.3, -0.25) is 0 Å². The minimum Gasteiger partial charge on any atom is -0.304 e. The third-order valence-electron chi connectivity index (χ3n) is 3.84. The van der Waals surface area contributed by atoms with Crippen molar-refractivity contribution in [2.45, 2.75) is 11.8 Å². The molecule has 130 valence electrons. The normalized spacial score (nSPS) is 18.2. The van der Waals surface area contributed by atoms with Crippen LogP contribution in [0.25, 0.3) is 0 Å². The molecule has 0 aliphatic carbocycles. The summed E-state index contributed by atoms with van der Waals surface area (Å²) in [6.45, 7) is 4.01. The van der Waals surface area contributed by atoms with E-state index >= 15 is 0 Å². The van der Waals surface area contributed by atoms with Crippen LogP contribution in [0.2, 0.25) is 0 Å². The summed E-state index contributed by atoms with van der Waals surface area (Å²) in [6.07, 6.45) is 0. The molecule has 1 fully saturated rings. The van der Waals surface area contributed by atoms with Crippen LogP contribution >= 0.6 is 0 Å². The van der Waals surface area contributed by atoms with Gasteiger partial charge in [0, 0.05) is 32.7 Å². The van der Waals surface area contributed by atoms with Crippen molar-refractivity contribution in [3.8, 4) is 0 Å². The number of nitrogens with zero attached hydrogens (tertiary/aromatic N) is 2. The lowest BCUT2D eigenvalue weighted by Gasteiger charge is -2.31. The Balaban J connectivity index is 1.92. The summed E-state index contributed by atoms with van der Waals surface area (Å²) in [6, 6.07) is 6.42. The number of likely N-dealkylation sites (N-methyl/N-ethyl adjacent to an activating group) is 1. The first-order valence-corrected chi connectivity index (χ1v) is 10.5. The maximum atomic E-state index is 12.2. The maximum Gasteiger partial charge on any atom is 0.240 e. The van der Waals surface area contributed by atoms with E-state index in [9.17, 15) is 16.8 Å². The molecule has 1 aliphatic heterocycles. The molecule has 1 aromatic carbocycles. The number of aryl methyl sites for hydroxylation is 1. The Bertz CT molecular complexity index is 722. The smallest absolute Gasteiger partial charge is 0.240 e. The molecule has 0 aromatic heterocycles. The van der Waals surface area contributed by atoms with E-state index in [0.29, 0.717) is 26.2 Å². The fraction of sp³-hybridized carbons (Fsp3) is 0.571. The molecule has 0 spiro atoms. The summed E-state index contributed by atoms with van der Waals surface area (Å²) in [4.78, 5) is 2.20. The molecular formula is C14H23N3O4S2. The van der Waals surface area contributed by atoms with Crippen LogP contribution < -0.4 is 4.72 Å². The summed E-state index contributed by atoms with van der Waals surface area (Å²) in [5.74, 6) is -0.234. The minimum atomic E-state index is -3.68. The van der Waals surface area contributed by atoms with Crippen molar-refractivity contribution in [2.75, 3.05) is 45.5 Å². The Hall–Kier alpha value is -1.00. The number of rotatable bonds is 6. The van der Waals surface area contributed by atoms with E-state index < -0.39 is 20.0 Å². The van der Waals surface area contributed by atoms with Gasteiger partial charge in [0.1, 0.15) is 0 Å². The van der Waals surface area contributed by atoms with Crippen molar-refractivity contribution < 1.29 is 16.8 Å². The molecule has 1 aliphatic rings. The van der Waals surface area contributed by atoms with Crippen LogP contribution in [-0.2, 0) is 20.0 Å². The lowest BCUT2D eigenvalue weighted by molar-refractivity contribution is 0.222. The minimum absolute atomic E-state index is 0.134. The van der Waals surface area contributed by atoms with Gasteiger partial charge in [0.25, 0.3) is 0 Å². The van der Waals surface area contributed by atoms with Gasteiger partial charge in [-0.2, -0.15) is 4.31 Å². The highest BCUT2D eigenvalue weighted by Crippen LogP contribution is 2.10. The predicted molar refractivity (Wildman–Crippen MR) is 89.2 cm³/mol. The lowest BCUT2D eigenvalue weighted by Crippen LogP contribution is -2.48. The largest absolute Gasteiger partial charge is 0.304 e. The maximum absolute atomic E-state index is 12.2. The molecule has 0 radical (unpaired) electrons. The van der Waals surface area contributed by atoms with Gasteiger partial charge in [-0.05, 0) is 26.1 Å². The highest BCUT2D eigenvalue weighted by molar-refractivity contribution is 7.90. The Labute approximate surface area is 138 Å². The second kappa shape index (κ2) is 7.27. The van der Waals surface area contributed by atoms with Crippen molar-refractivity contribution >= 4 is 20.0 Å². The molecule has 23 heavy (non-hydrogen) atoms. The highest BCUT2D eigenvalue weighted by atomic mass is 32.2. The number of hydrogen-bond acceptors (Lipinski definition) is 5. The Morgan fingerprint density at radius 2 is 1.57 bits per heavy atom. The van der Waals surface area contributed by atoms with Crippen molar-refractivity contribution in [3.63, 3.8) is 0 Å². The number of nitrogens with one attached hydrogen (secondary N) is 1. The molecule has 1 N–H and O–H groups in total. The van der Waals surface area contributed by atoms with Crippen LogP contribution in [0.3, 0.4) is 0 Å². The van der Waals surface area contributed by atoms with E-state index in [-0.39, 0.29) is 17.2 Å². The van der Waals surface area contributed by atoms with Gasteiger partial charge in [-0.25, -0.2) is 21.6 Å². The predicted octanol–water partition coefficient (Wildman–Crippen LogP) is -0.149. The average Bonchev–Trinajstić information content (AvgIpc) is 2.47. The van der Waals surface area contributed by atoms with Gasteiger partial charge in [0.2, 0.25) is 20.0 Å². The molecule has 1 aromatic rings. The zero-order valence-electron chi connectivity index (χ0n) is 13.4. The van der Waals surface area contributed by atoms with Crippen molar-refractivity contribution in [2.24, 2.45) is 0 Å². The van der Waals surface area contributed by atoms with Crippen molar-refractivity contribution in [1.82, 2.24) is 13.9 Å². The van der Waals surface area contributed by atoms with E-state index in [4.69, 9.17) is 0 Å². The van der Waals surface area contributed by atoms with E-state index in [1.165, 1.54) is 16.4 Å². The molecule has 9 heteroatoms. The summed E-state index contributed by atoms with van der Waals surface area (Å²) in [7, 11) is -5.17. The first-order chi connectivity index (χ1) is 10.7. The summed E-state index contributed by atoms with van der Waals surface area (Å²) < 4.78 is 52.5. The molecule has 0 atom stereocenters. The Kier molecular flexibility index (Phi) is 5.79. The number of sulfonamides is 2. The lowest BCUT2D eigenvalue weighted by atomic mass is 10.2. The molecule has 0 bridgehead atoms. The number of hydrogen-bond donors (Lipinski definition) is 1. The monoisotopic (exact) mass is 361 g/mol. The fourth-order valence-corrected chi connectivity index (χ4v) is 4.80. The van der Waals surface area contributed by atoms with Crippen LogP contribution in [0.5, 0.6) is 0 Å². The summed E-state index contributed by atoms with van der Waals surface area (Å²) >= 11 is 0. The summed E-state index contributed by atoms with van der Waals surface area (Å²) in [5, 5.41) is 0. The van der Waals surface area contributed by atoms with Crippen LogP contribution in [0.15, 0.2) is 29.2 Å². The van der Waals surface area contributed by atoms with Gasteiger partial charge in [0.15, 0.2) is 0 Å². The van der Waals surface area contributed by atoms with E-state index in [0.717, 1.165) is 5.56 Å². The zero-order valence-corrected chi connectivity index (χ0v) is 15.0. The third-order valence-corrected chi connectivity index (χ3v) is 7.19. The molecule has 0 saturated carbocycles. The fourth-order valence-electron chi connectivity index (χ4n) is 2.30. The average molecular weight is 361 g/mol. The van der Waals surface area contributed by atoms with Crippen molar-refractivity contribution in [1.29, 1.82) is 0 Å². The molecular weight excluding hydrogens is 338 g/mol. The Morgan fingerprint density at radius 3 is 2.13 bits per heavy atom. The van der Waals surface area contributed by atoms with Gasteiger partial charge >= 0.3 is 0 Å². The van der Waals surface area contributed by atoms with Crippen LogP contribution in [-0.4, -0.2) is 71.6 Å². The molecule has 0 amide bonds.